The lowest BCUT2D eigenvalue weighted by atomic mass is 10.0. The summed E-state index contributed by atoms with van der Waals surface area (Å²) in [6.07, 6.45) is 1.95. The molecule has 0 saturated carbocycles. The van der Waals surface area contributed by atoms with Crippen molar-refractivity contribution in [2.24, 2.45) is 11.8 Å². The van der Waals surface area contributed by atoms with Gasteiger partial charge in [0.05, 0.1) is 13.0 Å². The minimum Gasteiger partial charge on any atom is -0.469 e. The molecule has 0 aromatic carbocycles. The molecule has 1 saturated heterocycles. The van der Waals surface area contributed by atoms with Crippen LogP contribution in [0.2, 0.25) is 0 Å². The number of carbonyl (C=O) groups excluding carboxylic acids is 1. The van der Waals surface area contributed by atoms with Crippen LogP contribution in [0.1, 0.15) is 26.7 Å². The normalized spacial score (nSPS) is 23.3. The molecule has 7 heteroatoms. The van der Waals surface area contributed by atoms with Crippen LogP contribution in [0.4, 0.5) is 0 Å². The first-order valence-corrected chi connectivity index (χ1v) is 7.98. The van der Waals surface area contributed by atoms with Gasteiger partial charge >= 0.3 is 5.97 Å². The van der Waals surface area contributed by atoms with Crippen molar-refractivity contribution in [3.8, 4) is 0 Å². The minimum absolute atomic E-state index is 0.139. The zero-order chi connectivity index (χ0) is 14.6. The van der Waals surface area contributed by atoms with Crippen LogP contribution >= 0.6 is 0 Å². The molecule has 2 atom stereocenters. The fraction of sp³-hybridized carbons (Fsp3) is 0.917. The van der Waals surface area contributed by atoms with Crippen molar-refractivity contribution in [3.63, 3.8) is 0 Å². The highest BCUT2D eigenvalue weighted by molar-refractivity contribution is 7.86. The number of carbonyl (C=O) groups is 1. The quantitative estimate of drug-likeness (QED) is 0.700. The molecular formula is C12H24N2O4S. The van der Waals surface area contributed by atoms with Gasteiger partial charge in [-0.2, -0.15) is 17.0 Å². The zero-order valence-corrected chi connectivity index (χ0v) is 12.9. The highest BCUT2D eigenvalue weighted by Crippen LogP contribution is 2.20. The van der Waals surface area contributed by atoms with Gasteiger partial charge in [-0.3, -0.25) is 4.79 Å². The molecule has 0 bridgehead atoms. The largest absolute Gasteiger partial charge is 0.469 e. The van der Waals surface area contributed by atoms with Crippen LogP contribution in [0.15, 0.2) is 0 Å². The van der Waals surface area contributed by atoms with Gasteiger partial charge in [-0.05, 0) is 18.8 Å². The Morgan fingerprint density at radius 3 is 2.68 bits per heavy atom. The second-order valence-corrected chi connectivity index (χ2v) is 7.35. The van der Waals surface area contributed by atoms with Crippen LogP contribution in [0.25, 0.3) is 0 Å². The van der Waals surface area contributed by atoms with Gasteiger partial charge in [0.25, 0.3) is 10.2 Å². The Labute approximate surface area is 115 Å². The van der Waals surface area contributed by atoms with Gasteiger partial charge in [0, 0.05) is 26.7 Å². The third-order valence-electron chi connectivity index (χ3n) is 3.47. The second-order valence-electron chi connectivity index (χ2n) is 5.32. The van der Waals surface area contributed by atoms with E-state index in [9.17, 15) is 13.2 Å². The molecule has 1 aliphatic heterocycles. The number of hydrogen-bond acceptors (Lipinski definition) is 4. The molecule has 1 fully saturated rings. The number of nitrogens with zero attached hydrogens (tertiary/aromatic N) is 2. The summed E-state index contributed by atoms with van der Waals surface area (Å²) in [7, 11) is -0.660. The smallest absolute Gasteiger partial charge is 0.309 e. The number of ether oxygens (including phenoxy) is 1. The van der Waals surface area contributed by atoms with E-state index in [0.29, 0.717) is 19.0 Å². The molecule has 0 amide bonds. The van der Waals surface area contributed by atoms with Crippen molar-refractivity contribution in [1.29, 1.82) is 0 Å². The maximum Gasteiger partial charge on any atom is 0.309 e. The van der Waals surface area contributed by atoms with Crippen LogP contribution < -0.4 is 0 Å². The minimum atomic E-state index is -3.47. The fourth-order valence-electron chi connectivity index (χ4n) is 2.31. The molecular weight excluding hydrogens is 268 g/mol. The van der Waals surface area contributed by atoms with E-state index in [0.717, 1.165) is 12.8 Å². The van der Waals surface area contributed by atoms with Gasteiger partial charge in [-0.15, -0.1) is 0 Å². The van der Waals surface area contributed by atoms with Crippen molar-refractivity contribution >= 4 is 16.2 Å². The highest BCUT2D eigenvalue weighted by Gasteiger charge is 2.32. The first kappa shape index (κ1) is 16.4. The van der Waals surface area contributed by atoms with Crippen LogP contribution in [-0.2, 0) is 19.7 Å². The summed E-state index contributed by atoms with van der Waals surface area (Å²) in [5.74, 6) is -0.476. The zero-order valence-electron chi connectivity index (χ0n) is 12.1. The van der Waals surface area contributed by atoms with Crippen molar-refractivity contribution in [2.45, 2.75) is 26.7 Å². The first-order valence-electron chi connectivity index (χ1n) is 6.58. The van der Waals surface area contributed by atoms with E-state index in [4.69, 9.17) is 0 Å². The van der Waals surface area contributed by atoms with Crippen LogP contribution in [-0.4, -0.2) is 56.8 Å². The summed E-state index contributed by atoms with van der Waals surface area (Å²) in [4.78, 5) is 11.3. The average molecular weight is 292 g/mol. The van der Waals surface area contributed by atoms with Gasteiger partial charge in [0.15, 0.2) is 0 Å². The Morgan fingerprint density at radius 1 is 1.53 bits per heavy atom. The fourth-order valence-corrected chi connectivity index (χ4v) is 3.92. The van der Waals surface area contributed by atoms with Crippen molar-refractivity contribution in [2.75, 3.05) is 33.8 Å². The van der Waals surface area contributed by atoms with E-state index < -0.39 is 22.1 Å². The van der Waals surface area contributed by atoms with Gasteiger partial charge < -0.3 is 4.74 Å². The maximum absolute atomic E-state index is 12.4. The summed E-state index contributed by atoms with van der Waals surface area (Å²) in [5.41, 5.74) is 0. The second kappa shape index (κ2) is 6.67. The summed E-state index contributed by atoms with van der Waals surface area (Å²) >= 11 is 0. The molecule has 0 radical (unpaired) electrons. The van der Waals surface area contributed by atoms with E-state index >= 15 is 0 Å². The topological polar surface area (TPSA) is 66.9 Å². The molecule has 0 aliphatic carbocycles. The van der Waals surface area contributed by atoms with E-state index in [1.54, 1.807) is 6.92 Å². The van der Waals surface area contributed by atoms with Crippen molar-refractivity contribution in [3.05, 3.63) is 0 Å². The maximum atomic E-state index is 12.4. The van der Waals surface area contributed by atoms with Crippen LogP contribution in [0.3, 0.4) is 0 Å². The van der Waals surface area contributed by atoms with Gasteiger partial charge in [0.2, 0.25) is 0 Å². The monoisotopic (exact) mass is 292 g/mol. The van der Waals surface area contributed by atoms with Gasteiger partial charge in [0.1, 0.15) is 0 Å². The number of piperidine rings is 1. The Kier molecular flexibility index (Phi) is 5.76. The molecule has 0 spiro atoms. The van der Waals surface area contributed by atoms with Crippen molar-refractivity contribution in [1.82, 2.24) is 8.61 Å². The number of methoxy groups -OCH3 is 1. The number of rotatable bonds is 5. The Hall–Kier alpha value is -0.660. The number of esters is 1. The molecule has 1 rings (SSSR count). The van der Waals surface area contributed by atoms with E-state index in [1.807, 2.05) is 0 Å². The third kappa shape index (κ3) is 4.15. The lowest BCUT2D eigenvalue weighted by Gasteiger charge is -2.33. The Morgan fingerprint density at radius 2 is 2.16 bits per heavy atom. The van der Waals surface area contributed by atoms with Crippen molar-refractivity contribution < 1.29 is 17.9 Å². The molecule has 0 aromatic heterocycles. The molecule has 1 aliphatic rings. The molecule has 19 heavy (non-hydrogen) atoms. The van der Waals surface area contributed by atoms with E-state index in [-0.39, 0.29) is 6.54 Å². The summed E-state index contributed by atoms with van der Waals surface area (Å²) in [5, 5.41) is 0. The van der Waals surface area contributed by atoms with Gasteiger partial charge in [-0.1, -0.05) is 13.8 Å². The number of hydrogen-bond donors (Lipinski definition) is 0. The summed E-state index contributed by atoms with van der Waals surface area (Å²) < 4.78 is 32.1. The third-order valence-corrected chi connectivity index (χ3v) is 5.40. The average Bonchev–Trinajstić information content (AvgIpc) is 2.37. The molecule has 1 heterocycles. The molecule has 6 nitrogen and oxygen atoms in total. The predicted octanol–water partition coefficient (Wildman–Crippen LogP) is 0.704. The molecule has 2 unspecified atom stereocenters. The molecule has 112 valence electrons. The van der Waals surface area contributed by atoms with Gasteiger partial charge in [-0.25, -0.2) is 0 Å². The standard InChI is InChI=1S/C12H24N2O4S/c1-10-6-5-7-14(8-10)19(16,17)13(3)9-11(2)12(15)18-4/h10-11H,5-9H2,1-4H3. The van der Waals surface area contributed by atoms with Crippen LogP contribution in [0.5, 0.6) is 0 Å². The van der Waals surface area contributed by atoms with E-state index in [2.05, 4.69) is 11.7 Å². The van der Waals surface area contributed by atoms with E-state index in [1.165, 1.54) is 22.8 Å². The highest BCUT2D eigenvalue weighted by atomic mass is 32.2. The Balaban J connectivity index is 2.68. The molecule has 0 aromatic rings. The first-order chi connectivity index (χ1) is 8.78. The summed E-state index contributed by atoms with van der Waals surface area (Å²) in [6.45, 7) is 4.97. The SMILES string of the molecule is COC(=O)C(C)CN(C)S(=O)(=O)N1CCCC(C)C1. The summed E-state index contributed by atoms with van der Waals surface area (Å²) in [6, 6.07) is 0. The van der Waals surface area contributed by atoms with Crippen LogP contribution in [0, 0.1) is 11.8 Å². The predicted molar refractivity (Wildman–Crippen MR) is 72.7 cm³/mol. The lowest BCUT2D eigenvalue weighted by molar-refractivity contribution is -0.145. The Bertz CT molecular complexity index is 410. The molecule has 0 N–H and O–H groups in total. The lowest BCUT2D eigenvalue weighted by Crippen LogP contribution is -2.47.